The van der Waals surface area contributed by atoms with Crippen LogP contribution in [0.3, 0.4) is 0 Å². The van der Waals surface area contributed by atoms with Gasteiger partial charge < -0.3 is 20.1 Å². The van der Waals surface area contributed by atoms with Crippen molar-refractivity contribution in [1.82, 2.24) is 20.0 Å². The molecule has 0 bridgehead atoms. The molecule has 9 nitrogen and oxygen atoms in total. The molecule has 0 saturated carbocycles. The van der Waals surface area contributed by atoms with E-state index in [0.717, 1.165) is 23.9 Å². The fraction of sp³-hybridized carbons (Fsp3) is 0.300. The van der Waals surface area contributed by atoms with E-state index in [1.807, 2.05) is 6.07 Å². The molecule has 13 heteroatoms. The number of hydrogen-bond acceptors (Lipinski definition) is 9. The van der Waals surface area contributed by atoms with Crippen LogP contribution in [-0.4, -0.2) is 65.7 Å². The summed E-state index contributed by atoms with van der Waals surface area (Å²) >= 11 is 7.04. The maximum Gasteiger partial charge on any atom is 0.159 e. The Morgan fingerprint density at radius 1 is 1.21 bits per heavy atom. The van der Waals surface area contributed by atoms with E-state index in [2.05, 4.69) is 15.3 Å². The van der Waals surface area contributed by atoms with E-state index in [4.69, 9.17) is 21.6 Å². The van der Waals surface area contributed by atoms with Gasteiger partial charge in [0, 0.05) is 16.7 Å². The second-order valence-corrected chi connectivity index (χ2v) is 8.72. The molecule has 3 heterocycles. The van der Waals surface area contributed by atoms with Crippen molar-refractivity contribution in [3.63, 3.8) is 0 Å². The molecule has 33 heavy (non-hydrogen) atoms. The highest BCUT2D eigenvalue weighted by Gasteiger charge is 2.46. The number of thioether (sulfide) groups is 1. The van der Waals surface area contributed by atoms with Crippen LogP contribution in [0.5, 0.6) is 0 Å². The zero-order valence-corrected chi connectivity index (χ0v) is 18.2. The van der Waals surface area contributed by atoms with Gasteiger partial charge in [-0.25, -0.2) is 18.4 Å². The Morgan fingerprint density at radius 3 is 2.67 bits per heavy atom. The number of hydrogen-bond donors (Lipinski definition) is 3. The fourth-order valence-electron chi connectivity index (χ4n) is 3.39. The largest absolute Gasteiger partial charge is 0.394 e. The molecule has 3 aromatic rings. The molecule has 1 saturated heterocycles. The lowest BCUT2D eigenvalue weighted by molar-refractivity contribution is -0.178. The lowest BCUT2D eigenvalue weighted by Crippen LogP contribution is -2.55. The molecule has 2 unspecified atom stereocenters. The van der Waals surface area contributed by atoms with E-state index in [9.17, 15) is 24.1 Å². The normalized spacial score (nSPS) is 25.1. The predicted molar refractivity (Wildman–Crippen MR) is 112 cm³/mol. The van der Waals surface area contributed by atoms with Gasteiger partial charge in [0.2, 0.25) is 0 Å². The number of pyridine rings is 1. The number of nitriles is 1. The molecule has 1 fully saturated rings. The van der Waals surface area contributed by atoms with Gasteiger partial charge in [-0.3, -0.25) is 0 Å². The number of ether oxygens (including phenoxy) is 1. The van der Waals surface area contributed by atoms with E-state index in [1.165, 1.54) is 29.2 Å². The number of aliphatic hydroxyl groups excluding tert-OH is 3. The van der Waals surface area contributed by atoms with Crippen molar-refractivity contribution in [1.29, 1.82) is 5.26 Å². The molecule has 0 radical (unpaired) electrons. The van der Waals surface area contributed by atoms with Gasteiger partial charge in [0.15, 0.2) is 17.3 Å². The van der Waals surface area contributed by atoms with E-state index >= 15 is 0 Å². The summed E-state index contributed by atoms with van der Waals surface area (Å²) in [4.78, 5) is 4.42. The Hall–Kier alpha value is -2.66. The molecule has 0 amide bonds. The summed E-state index contributed by atoms with van der Waals surface area (Å²) in [6, 6.07) is 5.48. The van der Waals surface area contributed by atoms with Gasteiger partial charge in [0.25, 0.3) is 0 Å². The minimum Gasteiger partial charge on any atom is -0.394 e. The third kappa shape index (κ3) is 4.70. The van der Waals surface area contributed by atoms with Crippen LogP contribution >= 0.6 is 23.4 Å². The van der Waals surface area contributed by atoms with E-state index in [-0.39, 0.29) is 22.0 Å². The third-order valence-electron chi connectivity index (χ3n) is 5.05. The maximum atomic E-state index is 13.6. The Labute approximate surface area is 195 Å². The first-order valence-corrected chi connectivity index (χ1v) is 10.8. The van der Waals surface area contributed by atoms with E-state index in [1.54, 1.807) is 0 Å². The van der Waals surface area contributed by atoms with E-state index in [0.29, 0.717) is 4.90 Å². The predicted octanol–water partition coefficient (Wildman–Crippen LogP) is 1.92. The maximum absolute atomic E-state index is 13.6. The molecule has 4 rings (SSSR count). The van der Waals surface area contributed by atoms with Gasteiger partial charge in [0.1, 0.15) is 41.6 Å². The quantitative estimate of drug-likeness (QED) is 0.484. The Bertz CT molecular complexity index is 1210. The highest BCUT2D eigenvalue weighted by atomic mass is 35.5. The lowest BCUT2D eigenvalue weighted by atomic mass is 9.97. The van der Waals surface area contributed by atoms with Crippen LogP contribution in [0.4, 0.5) is 8.78 Å². The second kappa shape index (κ2) is 9.68. The first-order chi connectivity index (χ1) is 15.8. The standard InChI is InChI=1S/C20H16ClF2N5O4S/c21-11-4-10(6-25-14(11)5-24)33-20-19(31)17(18(30)16(8-29)32-20)28-7-15(26-27-28)9-1-2-12(22)13(23)3-9/h1-4,6-7,16-20,29-31H,8H2/t16?,17-,18-,19?,20+/m0/s1. The van der Waals surface area contributed by atoms with Crippen molar-refractivity contribution in [3.8, 4) is 17.3 Å². The van der Waals surface area contributed by atoms with Crippen LogP contribution in [0, 0.1) is 23.0 Å². The average molecular weight is 496 g/mol. The molecule has 1 aliphatic heterocycles. The molecule has 172 valence electrons. The zero-order chi connectivity index (χ0) is 23.7. The average Bonchev–Trinajstić information content (AvgIpc) is 3.27. The summed E-state index contributed by atoms with van der Waals surface area (Å²) in [5.74, 6) is -2.07. The highest BCUT2D eigenvalue weighted by molar-refractivity contribution is 7.99. The number of halogens is 3. The molecule has 1 aromatic carbocycles. The Kier molecular flexibility index (Phi) is 6.89. The summed E-state index contributed by atoms with van der Waals surface area (Å²) in [5.41, 5.74) is -0.496. The van der Waals surface area contributed by atoms with Crippen LogP contribution in [0.25, 0.3) is 11.3 Å². The Balaban J connectivity index is 1.62. The van der Waals surface area contributed by atoms with Crippen molar-refractivity contribution < 1.29 is 28.8 Å². The summed E-state index contributed by atoms with van der Waals surface area (Å²) < 4.78 is 33.7. The highest BCUT2D eigenvalue weighted by Crippen LogP contribution is 2.38. The van der Waals surface area contributed by atoms with Gasteiger partial charge in [-0.15, -0.1) is 5.10 Å². The number of aliphatic hydroxyl groups is 3. The summed E-state index contributed by atoms with van der Waals surface area (Å²) in [6.45, 7) is -0.543. The molecular weight excluding hydrogens is 480 g/mol. The van der Waals surface area contributed by atoms with Crippen LogP contribution in [0.15, 0.2) is 41.6 Å². The Morgan fingerprint density at radius 2 is 2.00 bits per heavy atom. The van der Waals surface area contributed by atoms with Crippen LogP contribution < -0.4 is 0 Å². The minimum absolute atomic E-state index is 0.0417. The van der Waals surface area contributed by atoms with Gasteiger partial charge in [-0.2, -0.15) is 5.26 Å². The van der Waals surface area contributed by atoms with Gasteiger partial charge in [-0.1, -0.05) is 28.6 Å². The summed E-state index contributed by atoms with van der Waals surface area (Å²) in [6.07, 6.45) is -0.999. The van der Waals surface area contributed by atoms with Gasteiger partial charge in [-0.05, 0) is 24.3 Å². The zero-order valence-electron chi connectivity index (χ0n) is 16.6. The van der Waals surface area contributed by atoms with Gasteiger partial charge >= 0.3 is 0 Å². The minimum atomic E-state index is -1.36. The SMILES string of the molecule is N#Cc1ncc(S[C@H]2OC(CO)[C@H](O)[C@H](n3cc(-c4ccc(F)c(F)c4)nn3)C2O)cc1Cl. The van der Waals surface area contributed by atoms with Crippen molar-refractivity contribution in [2.24, 2.45) is 0 Å². The van der Waals surface area contributed by atoms with Crippen LogP contribution in [0.1, 0.15) is 11.7 Å². The molecular formula is C20H16ClF2N5O4S. The van der Waals surface area contributed by atoms with E-state index < -0.39 is 48.0 Å². The van der Waals surface area contributed by atoms with Crippen LogP contribution in [0.2, 0.25) is 5.02 Å². The summed E-state index contributed by atoms with van der Waals surface area (Å²) in [7, 11) is 0. The number of benzene rings is 1. The monoisotopic (exact) mass is 495 g/mol. The van der Waals surface area contributed by atoms with Crippen molar-refractivity contribution in [3.05, 3.63) is 59.0 Å². The van der Waals surface area contributed by atoms with Crippen molar-refractivity contribution in [2.75, 3.05) is 6.61 Å². The molecule has 2 aromatic heterocycles. The number of rotatable bonds is 5. The smallest absolute Gasteiger partial charge is 0.159 e. The third-order valence-corrected chi connectivity index (χ3v) is 6.46. The molecule has 3 N–H and O–H groups in total. The number of aromatic nitrogens is 4. The molecule has 0 spiro atoms. The number of nitrogens with zero attached hydrogens (tertiary/aromatic N) is 5. The fourth-order valence-corrected chi connectivity index (χ4v) is 4.73. The lowest BCUT2D eigenvalue weighted by Gasteiger charge is -2.41. The first-order valence-electron chi connectivity index (χ1n) is 9.54. The topological polar surface area (TPSA) is 137 Å². The molecule has 1 aliphatic rings. The first kappa shape index (κ1) is 23.5. The van der Waals surface area contributed by atoms with Gasteiger partial charge in [0.05, 0.1) is 17.8 Å². The molecule has 5 atom stereocenters. The summed E-state index contributed by atoms with van der Waals surface area (Å²) in [5, 5.41) is 48.3. The molecule has 0 aliphatic carbocycles. The van der Waals surface area contributed by atoms with Crippen molar-refractivity contribution in [2.45, 2.75) is 34.7 Å². The second-order valence-electron chi connectivity index (χ2n) is 7.14. The van der Waals surface area contributed by atoms with Crippen LogP contribution in [-0.2, 0) is 4.74 Å². The van der Waals surface area contributed by atoms with Crippen molar-refractivity contribution >= 4 is 23.4 Å².